The van der Waals surface area contributed by atoms with Gasteiger partial charge in [0.1, 0.15) is 12.4 Å². The van der Waals surface area contributed by atoms with E-state index in [0.29, 0.717) is 17.7 Å². The van der Waals surface area contributed by atoms with Crippen LogP contribution in [0.25, 0.3) is 0 Å². The Kier molecular flexibility index (Phi) is 3.84. The average Bonchev–Trinajstić information content (AvgIpc) is 2.27. The quantitative estimate of drug-likeness (QED) is 0.571. The van der Waals surface area contributed by atoms with Gasteiger partial charge in [-0.15, -0.1) is 0 Å². The summed E-state index contributed by atoms with van der Waals surface area (Å²) < 4.78 is 0. The van der Waals surface area contributed by atoms with Crippen molar-refractivity contribution in [1.29, 1.82) is 5.26 Å². The minimum absolute atomic E-state index is 0.508. The number of nitrogens with zero attached hydrogens (tertiary/aromatic N) is 2. The summed E-state index contributed by atoms with van der Waals surface area (Å²) in [7, 11) is 1.89. The predicted octanol–water partition coefficient (Wildman–Crippen LogP) is 2.38. The Hall–Kier alpha value is -2.08. The fraction of sp³-hybridized carbons (Fsp3) is 0.231. The molecule has 16 heavy (non-hydrogen) atoms. The normalized spacial score (nSPS) is 9.31. The lowest BCUT2D eigenvalue weighted by molar-refractivity contribution is 0.112. The highest BCUT2D eigenvalue weighted by Gasteiger charge is 2.07. The summed E-state index contributed by atoms with van der Waals surface area (Å²) in [5.74, 6) is 0. The summed E-state index contributed by atoms with van der Waals surface area (Å²) in [6.45, 7) is 6.45. The largest absolute Gasteiger partial charge is 0.370 e. The summed E-state index contributed by atoms with van der Waals surface area (Å²) >= 11 is 0. The zero-order valence-corrected chi connectivity index (χ0v) is 9.53. The Morgan fingerprint density at radius 1 is 1.62 bits per heavy atom. The molecule has 1 rings (SSSR count). The van der Waals surface area contributed by atoms with Crippen molar-refractivity contribution in [2.75, 3.05) is 18.5 Å². The second-order valence-corrected chi connectivity index (χ2v) is 3.82. The molecule has 0 heterocycles. The van der Waals surface area contributed by atoms with Crippen molar-refractivity contribution in [1.82, 2.24) is 0 Å². The highest BCUT2D eigenvalue weighted by atomic mass is 16.1. The van der Waals surface area contributed by atoms with Crippen LogP contribution in [0.3, 0.4) is 0 Å². The molecule has 3 nitrogen and oxygen atoms in total. The third-order valence-corrected chi connectivity index (χ3v) is 2.20. The first-order valence-corrected chi connectivity index (χ1v) is 4.93. The Morgan fingerprint density at radius 2 is 2.31 bits per heavy atom. The fourth-order valence-electron chi connectivity index (χ4n) is 1.54. The van der Waals surface area contributed by atoms with Gasteiger partial charge in [-0.05, 0) is 25.1 Å². The van der Waals surface area contributed by atoms with E-state index in [4.69, 9.17) is 5.26 Å². The van der Waals surface area contributed by atoms with E-state index >= 15 is 0 Å². The van der Waals surface area contributed by atoms with Crippen molar-refractivity contribution < 1.29 is 4.79 Å². The minimum Gasteiger partial charge on any atom is -0.370 e. The maximum Gasteiger partial charge on any atom is 0.150 e. The molecule has 0 aliphatic heterocycles. The number of carbonyl (C=O) groups excluding carboxylic acids is 1. The molecule has 3 heteroatoms. The molecule has 0 unspecified atom stereocenters. The van der Waals surface area contributed by atoms with Crippen LogP contribution >= 0.6 is 0 Å². The molecule has 82 valence electrons. The second kappa shape index (κ2) is 5.13. The van der Waals surface area contributed by atoms with E-state index in [0.717, 1.165) is 17.5 Å². The van der Waals surface area contributed by atoms with Gasteiger partial charge >= 0.3 is 0 Å². The van der Waals surface area contributed by atoms with Crippen LogP contribution in [0.5, 0.6) is 0 Å². The van der Waals surface area contributed by atoms with Crippen molar-refractivity contribution in [3.05, 3.63) is 41.5 Å². The third-order valence-electron chi connectivity index (χ3n) is 2.20. The molecule has 0 aliphatic carbocycles. The van der Waals surface area contributed by atoms with Gasteiger partial charge in [0.05, 0.1) is 11.3 Å². The molecule has 1 aromatic rings. The number of aldehydes is 1. The molecule has 0 aliphatic rings. The van der Waals surface area contributed by atoms with Gasteiger partial charge in [0.2, 0.25) is 0 Å². The van der Waals surface area contributed by atoms with Gasteiger partial charge in [-0.2, -0.15) is 5.26 Å². The summed E-state index contributed by atoms with van der Waals surface area (Å²) in [4.78, 5) is 12.5. The molecular formula is C13H14N2O. The number of likely N-dealkylation sites (N-methyl/N-ethyl adjacent to an activating group) is 1. The summed E-state index contributed by atoms with van der Waals surface area (Å²) in [5.41, 5.74) is 2.86. The van der Waals surface area contributed by atoms with E-state index < -0.39 is 0 Å². The van der Waals surface area contributed by atoms with Crippen LogP contribution in [0.1, 0.15) is 22.8 Å². The van der Waals surface area contributed by atoms with Crippen LogP contribution in [-0.2, 0) is 0 Å². The van der Waals surface area contributed by atoms with Crippen molar-refractivity contribution in [2.45, 2.75) is 6.92 Å². The number of carbonyl (C=O) groups is 1. The lowest BCUT2D eigenvalue weighted by atomic mass is 10.1. The van der Waals surface area contributed by atoms with Crippen LogP contribution in [0, 0.1) is 11.3 Å². The first kappa shape index (κ1) is 12.0. The van der Waals surface area contributed by atoms with E-state index in [1.807, 2.05) is 18.9 Å². The minimum atomic E-state index is 0.508. The Morgan fingerprint density at radius 3 is 2.81 bits per heavy atom. The molecule has 0 bridgehead atoms. The molecule has 0 spiro atoms. The maximum absolute atomic E-state index is 10.6. The van der Waals surface area contributed by atoms with E-state index in [-0.39, 0.29) is 0 Å². The molecule has 1 aromatic carbocycles. The van der Waals surface area contributed by atoms with Crippen LogP contribution < -0.4 is 4.90 Å². The van der Waals surface area contributed by atoms with Crippen LogP contribution in [0.4, 0.5) is 5.69 Å². The lowest BCUT2D eigenvalue weighted by Crippen LogP contribution is -2.20. The third kappa shape index (κ3) is 2.71. The lowest BCUT2D eigenvalue weighted by Gasteiger charge is -2.20. The Bertz CT molecular complexity index is 457. The SMILES string of the molecule is C=C(C)CN(C)c1ccc(C=O)cc1C#N. The summed E-state index contributed by atoms with van der Waals surface area (Å²) in [6.07, 6.45) is 0.739. The molecule has 0 radical (unpaired) electrons. The maximum atomic E-state index is 10.6. The van der Waals surface area contributed by atoms with E-state index in [1.54, 1.807) is 18.2 Å². The number of hydrogen-bond donors (Lipinski definition) is 0. The topological polar surface area (TPSA) is 44.1 Å². The van der Waals surface area contributed by atoms with E-state index in [2.05, 4.69) is 12.6 Å². The molecule has 0 saturated heterocycles. The zero-order valence-electron chi connectivity index (χ0n) is 9.53. The first-order valence-electron chi connectivity index (χ1n) is 4.93. The first-order chi connectivity index (χ1) is 7.58. The molecule has 0 N–H and O–H groups in total. The van der Waals surface area contributed by atoms with Gasteiger partial charge in [0.25, 0.3) is 0 Å². The highest BCUT2D eigenvalue weighted by molar-refractivity contribution is 5.78. The van der Waals surface area contributed by atoms with Gasteiger partial charge in [-0.1, -0.05) is 12.2 Å². The highest BCUT2D eigenvalue weighted by Crippen LogP contribution is 2.20. The number of hydrogen-bond acceptors (Lipinski definition) is 3. The second-order valence-electron chi connectivity index (χ2n) is 3.82. The molecule has 0 atom stereocenters. The van der Waals surface area contributed by atoms with E-state index in [9.17, 15) is 4.79 Å². The van der Waals surface area contributed by atoms with Gasteiger partial charge < -0.3 is 4.90 Å². The van der Waals surface area contributed by atoms with Gasteiger partial charge in [0, 0.05) is 19.2 Å². The van der Waals surface area contributed by atoms with Crippen LogP contribution in [-0.4, -0.2) is 19.9 Å². The van der Waals surface area contributed by atoms with Gasteiger partial charge in [-0.3, -0.25) is 4.79 Å². The summed E-state index contributed by atoms with van der Waals surface area (Å²) in [6, 6.07) is 7.18. The standard InChI is InChI=1S/C13H14N2O/c1-10(2)8-15(3)13-5-4-11(9-16)6-12(13)7-14/h4-6,9H,1,8H2,2-3H3. The molecule has 0 aromatic heterocycles. The van der Waals surface area contributed by atoms with Crippen molar-refractivity contribution in [3.8, 4) is 6.07 Å². The van der Waals surface area contributed by atoms with Crippen molar-refractivity contribution >= 4 is 12.0 Å². The predicted molar refractivity (Wildman–Crippen MR) is 64.6 cm³/mol. The molecular weight excluding hydrogens is 200 g/mol. The van der Waals surface area contributed by atoms with Crippen molar-refractivity contribution in [3.63, 3.8) is 0 Å². The average molecular weight is 214 g/mol. The van der Waals surface area contributed by atoms with Crippen LogP contribution in [0.2, 0.25) is 0 Å². The molecule has 0 amide bonds. The van der Waals surface area contributed by atoms with Crippen LogP contribution in [0.15, 0.2) is 30.4 Å². The monoisotopic (exact) mass is 214 g/mol. The number of rotatable bonds is 4. The summed E-state index contributed by atoms with van der Waals surface area (Å²) in [5, 5.41) is 9.01. The van der Waals surface area contributed by atoms with E-state index in [1.165, 1.54) is 0 Å². The smallest absolute Gasteiger partial charge is 0.150 e. The number of benzene rings is 1. The molecule has 0 saturated carbocycles. The number of nitriles is 1. The van der Waals surface area contributed by atoms with Crippen molar-refractivity contribution in [2.24, 2.45) is 0 Å². The Labute approximate surface area is 95.6 Å². The van der Waals surface area contributed by atoms with Gasteiger partial charge in [0.15, 0.2) is 0 Å². The zero-order chi connectivity index (χ0) is 12.1. The fourth-order valence-corrected chi connectivity index (χ4v) is 1.54. The Balaban J connectivity index is 3.09. The molecule has 0 fully saturated rings. The number of anilines is 1. The van der Waals surface area contributed by atoms with Gasteiger partial charge in [-0.25, -0.2) is 0 Å².